The van der Waals surface area contributed by atoms with Crippen LogP contribution in [-0.4, -0.2) is 36.7 Å². The number of nitrogens with one attached hydrogen (secondary N) is 1. The Kier molecular flexibility index (Phi) is 7.47. The van der Waals surface area contributed by atoms with E-state index in [9.17, 15) is 14.4 Å². The van der Waals surface area contributed by atoms with E-state index < -0.39 is 11.9 Å². The van der Waals surface area contributed by atoms with E-state index in [1.54, 1.807) is 66.7 Å². The highest BCUT2D eigenvalue weighted by atomic mass is 32.2. The number of benzene rings is 2. The number of carbonyl (C=O) groups is 3. The van der Waals surface area contributed by atoms with Crippen molar-refractivity contribution in [2.24, 2.45) is 4.99 Å². The lowest BCUT2D eigenvalue weighted by molar-refractivity contribution is -0.115. The second-order valence-electron chi connectivity index (χ2n) is 7.44. The van der Waals surface area contributed by atoms with Gasteiger partial charge in [0, 0.05) is 11.6 Å². The molecule has 3 aromatic rings. The fourth-order valence-electron chi connectivity index (χ4n) is 3.18. The molecule has 1 N–H and O–H groups in total. The molecule has 1 aliphatic heterocycles. The molecule has 0 spiro atoms. The van der Waals surface area contributed by atoms with Crippen molar-refractivity contribution in [3.8, 4) is 11.3 Å². The number of thioether (sulfide) groups is 1. The number of aliphatic imine (C=N–C) groups is 1. The molecule has 0 atom stereocenters. The topological polar surface area (TPSA) is 107 Å². The second kappa shape index (κ2) is 10.9. The first-order valence-corrected chi connectivity index (χ1v) is 11.6. The van der Waals surface area contributed by atoms with Crippen LogP contribution in [-0.2, 0) is 14.3 Å². The number of esters is 2. The first kappa shape index (κ1) is 24.0. The summed E-state index contributed by atoms with van der Waals surface area (Å²) >= 11 is 1.17. The van der Waals surface area contributed by atoms with Crippen molar-refractivity contribution < 1.29 is 28.3 Å². The average Bonchev–Trinajstić information content (AvgIpc) is 3.48. The zero-order chi connectivity index (χ0) is 24.8. The average molecular weight is 491 g/mol. The molecule has 2 aromatic carbocycles. The first-order valence-electron chi connectivity index (χ1n) is 10.8. The molecule has 0 bridgehead atoms. The maximum atomic E-state index is 12.4. The molecule has 0 unspecified atom stereocenters. The first-order chi connectivity index (χ1) is 17.0. The van der Waals surface area contributed by atoms with Crippen LogP contribution >= 0.6 is 11.8 Å². The third-order valence-electron chi connectivity index (χ3n) is 4.89. The van der Waals surface area contributed by atoms with E-state index in [2.05, 4.69) is 10.3 Å². The maximum absolute atomic E-state index is 12.4. The highest BCUT2D eigenvalue weighted by molar-refractivity contribution is 8.18. The second-order valence-corrected chi connectivity index (χ2v) is 8.47. The number of methoxy groups -OCH3 is 1. The van der Waals surface area contributed by atoms with Gasteiger partial charge in [0.2, 0.25) is 0 Å². The molecule has 35 heavy (non-hydrogen) atoms. The van der Waals surface area contributed by atoms with Crippen LogP contribution in [0.15, 0.2) is 75.0 Å². The van der Waals surface area contributed by atoms with E-state index >= 15 is 0 Å². The Balaban J connectivity index is 1.47. The molecule has 8 nitrogen and oxygen atoms in total. The zero-order valence-electron chi connectivity index (χ0n) is 19.1. The molecule has 0 saturated carbocycles. The van der Waals surface area contributed by atoms with Gasteiger partial charge in [-0.3, -0.25) is 4.79 Å². The molecule has 0 aliphatic carbocycles. The van der Waals surface area contributed by atoms with Crippen LogP contribution in [0.3, 0.4) is 0 Å². The molecule has 178 valence electrons. The zero-order valence-corrected chi connectivity index (χ0v) is 19.9. The number of ether oxygens (including phenoxy) is 2. The Morgan fingerprint density at radius 1 is 1.06 bits per heavy atom. The number of amides is 1. The molecule has 1 fully saturated rings. The molecule has 4 rings (SSSR count). The van der Waals surface area contributed by atoms with Gasteiger partial charge < -0.3 is 19.2 Å². The summed E-state index contributed by atoms with van der Waals surface area (Å²) in [5, 5.41) is 3.11. The van der Waals surface area contributed by atoms with Crippen molar-refractivity contribution in [1.29, 1.82) is 0 Å². The van der Waals surface area contributed by atoms with Gasteiger partial charge in [-0.2, -0.15) is 0 Å². The smallest absolute Gasteiger partial charge is 0.338 e. The van der Waals surface area contributed by atoms with E-state index in [-0.39, 0.29) is 5.91 Å². The molecular weight excluding hydrogens is 468 g/mol. The SMILES string of the molecule is CCCOC(=O)c1cccc(N=C2NC(=O)/C(=C\c3ccc(-c4ccc(C(=O)OC)cc4)o3)S2)c1. The van der Waals surface area contributed by atoms with E-state index in [1.807, 2.05) is 6.92 Å². The van der Waals surface area contributed by atoms with Gasteiger partial charge >= 0.3 is 11.9 Å². The third-order valence-corrected chi connectivity index (χ3v) is 5.80. The summed E-state index contributed by atoms with van der Waals surface area (Å²) in [5.41, 5.74) is 2.15. The van der Waals surface area contributed by atoms with Crippen LogP contribution in [0.5, 0.6) is 0 Å². The Bertz CT molecular complexity index is 1320. The molecule has 2 heterocycles. The van der Waals surface area contributed by atoms with Gasteiger partial charge in [0.1, 0.15) is 11.5 Å². The van der Waals surface area contributed by atoms with Gasteiger partial charge in [-0.05, 0) is 60.6 Å². The van der Waals surface area contributed by atoms with Crippen molar-refractivity contribution in [3.05, 3.63) is 82.5 Å². The van der Waals surface area contributed by atoms with Crippen molar-refractivity contribution >= 4 is 46.5 Å². The van der Waals surface area contributed by atoms with Gasteiger partial charge in [-0.15, -0.1) is 0 Å². The summed E-state index contributed by atoms with van der Waals surface area (Å²) in [7, 11) is 1.33. The van der Waals surface area contributed by atoms with Gasteiger partial charge in [0.25, 0.3) is 5.91 Å². The minimum Gasteiger partial charge on any atom is -0.465 e. The highest BCUT2D eigenvalue weighted by Crippen LogP contribution is 2.30. The van der Waals surface area contributed by atoms with Crippen LogP contribution in [0, 0.1) is 0 Å². The summed E-state index contributed by atoms with van der Waals surface area (Å²) in [6.45, 7) is 2.28. The minimum atomic E-state index is -0.411. The van der Waals surface area contributed by atoms with Gasteiger partial charge in [-0.25, -0.2) is 14.6 Å². The molecule has 0 radical (unpaired) electrons. The van der Waals surface area contributed by atoms with Crippen LogP contribution < -0.4 is 5.32 Å². The van der Waals surface area contributed by atoms with E-state index in [1.165, 1.54) is 18.9 Å². The predicted molar refractivity (Wildman–Crippen MR) is 133 cm³/mol. The minimum absolute atomic E-state index is 0.298. The number of amidine groups is 1. The van der Waals surface area contributed by atoms with Crippen molar-refractivity contribution in [2.75, 3.05) is 13.7 Å². The Morgan fingerprint density at radius 3 is 2.60 bits per heavy atom. The van der Waals surface area contributed by atoms with Crippen molar-refractivity contribution in [3.63, 3.8) is 0 Å². The van der Waals surface area contributed by atoms with Crippen molar-refractivity contribution in [1.82, 2.24) is 5.32 Å². The summed E-state index contributed by atoms with van der Waals surface area (Å²) in [6, 6.07) is 17.1. The van der Waals surface area contributed by atoms with Gasteiger partial charge in [-0.1, -0.05) is 25.1 Å². The number of furan rings is 1. The number of rotatable bonds is 7. The summed E-state index contributed by atoms with van der Waals surface area (Å²) in [6.07, 6.45) is 2.37. The van der Waals surface area contributed by atoms with Crippen LogP contribution in [0.25, 0.3) is 17.4 Å². The summed E-state index contributed by atoms with van der Waals surface area (Å²) in [5.74, 6) is -0.0287. The fraction of sp³-hybridized carbons (Fsp3) is 0.154. The Morgan fingerprint density at radius 2 is 1.86 bits per heavy atom. The molecule has 1 saturated heterocycles. The van der Waals surface area contributed by atoms with Gasteiger partial charge in [0.05, 0.1) is 35.4 Å². The summed E-state index contributed by atoms with van der Waals surface area (Å²) in [4.78, 5) is 41.0. The van der Waals surface area contributed by atoms with Gasteiger partial charge in [0.15, 0.2) is 5.17 Å². The Hall–Kier alpha value is -4.11. The van der Waals surface area contributed by atoms with E-state index in [4.69, 9.17) is 13.9 Å². The van der Waals surface area contributed by atoms with Crippen LogP contribution in [0.4, 0.5) is 5.69 Å². The van der Waals surface area contributed by atoms with Crippen LogP contribution in [0.2, 0.25) is 0 Å². The number of hydrogen-bond donors (Lipinski definition) is 1. The third kappa shape index (κ3) is 5.88. The number of carbonyl (C=O) groups excluding carboxylic acids is 3. The monoisotopic (exact) mass is 490 g/mol. The van der Waals surface area contributed by atoms with E-state index in [0.29, 0.717) is 45.0 Å². The largest absolute Gasteiger partial charge is 0.465 e. The molecule has 1 aromatic heterocycles. The molecular formula is C26H22N2O6S. The fourth-order valence-corrected chi connectivity index (χ4v) is 4.00. The predicted octanol–water partition coefficient (Wildman–Crippen LogP) is 5.19. The van der Waals surface area contributed by atoms with E-state index in [0.717, 1.165) is 12.0 Å². The number of hydrogen-bond acceptors (Lipinski definition) is 8. The molecule has 9 heteroatoms. The lowest BCUT2D eigenvalue weighted by atomic mass is 10.1. The van der Waals surface area contributed by atoms with Crippen LogP contribution in [0.1, 0.15) is 39.8 Å². The standard InChI is InChI=1S/C26H22N2O6S/c1-3-13-33-25(31)18-5-4-6-19(14-18)27-26-28-23(29)22(35-26)15-20-11-12-21(34-20)16-7-9-17(10-8-16)24(30)32-2/h4-12,14-15H,3,13H2,1-2H3,(H,27,28,29)/b22-15+. The Labute approximate surface area is 206 Å². The molecule has 1 aliphatic rings. The van der Waals surface area contributed by atoms with Crippen molar-refractivity contribution in [2.45, 2.75) is 13.3 Å². The lowest BCUT2D eigenvalue weighted by Gasteiger charge is -2.03. The normalized spacial score (nSPS) is 15.3. The lowest BCUT2D eigenvalue weighted by Crippen LogP contribution is -2.19. The maximum Gasteiger partial charge on any atom is 0.338 e. The summed E-state index contributed by atoms with van der Waals surface area (Å²) < 4.78 is 15.7. The quantitative estimate of drug-likeness (QED) is 0.359. The molecule has 1 amide bonds. The highest BCUT2D eigenvalue weighted by Gasteiger charge is 2.24. The number of nitrogens with zero attached hydrogens (tertiary/aromatic N) is 1.